The Morgan fingerprint density at radius 2 is 1.55 bits per heavy atom. The van der Waals surface area contributed by atoms with Gasteiger partial charge in [-0.25, -0.2) is 0 Å². The predicted octanol–water partition coefficient (Wildman–Crippen LogP) is 4.11. The highest BCUT2D eigenvalue weighted by Gasteiger charge is 1.83. The third kappa shape index (κ3) is 7.11. The summed E-state index contributed by atoms with van der Waals surface area (Å²) < 4.78 is 0. The molecule has 0 saturated heterocycles. The van der Waals surface area contributed by atoms with E-state index in [0.29, 0.717) is 0 Å². The van der Waals surface area contributed by atoms with E-state index < -0.39 is 0 Å². The molecule has 0 heteroatoms. The number of hydrogen-bond acceptors (Lipinski definition) is 0. The molecule has 0 fully saturated rings. The second kappa shape index (κ2) is 9.22. The minimum absolute atomic E-state index is 1.24. The average molecular weight is 152 g/mol. The van der Waals surface area contributed by atoms with Crippen molar-refractivity contribution < 1.29 is 0 Å². The summed E-state index contributed by atoms with van der Waals surface area (Å²) in [5.41, 5.74) is 2.53. The largest absolute Gasteiger partial charge is 0.0988 e. The third-order valence-electron chi connectivity index (χ3n) is 1.34. The molecule has 0 aromatic carbocycles. The van der Waals surface area contributed by atoms with Crippen molar-refractivity contribution in [1.82, 2.24) is 0 Å². The Hall–Kier alpha value is -0.780. The number of hydrogen-bond donors (Lipinski definition) is 0. The highest BCUT2D eigenvalue weighted by molar-refractivity contribution is 5.28. The van der Waals surface area contributed by atoms with Crippen LogP contribution in [0.15, 0.2) is 36.0 Å². The fourth-order valence-corrected chi connectivity index (χ4v) is 0.542. The summed E-state index contributed by atoms with van der Waals surface area (Å²) in [6, 6.07) is 0. The van der Waals surface area contributed by atoms with Crippen molar-refractivity contribution in [2.75, 3.05) is 0 Å². The molecule has 0 aliphatic heterocycles. The lowest BCUT2D eigenvalue weighted by Crippen LogP contribution is -1.73. The van der Waals surface area contributed by atoms with Crippen molar-refractivity contribution in [3.8, 4) is 0 Å². The minimum Gasteiger partial charge on any atom is -0.0988 e. The smallest absolute Gasteiger partial charge is 0.0395 e. The fraction of sp³-hybridized carbons (Fsp3) is 0.455. The van der Waals surface area contributed by atoms with Gasteiger partial charge in [0, 0.05) is 0 Å². The van der Waals surface area contributed by atoms with Crippen LogP contribution in [-0.2, 0) is 0 Å². The molecule has 0 nitrogen and oxygen atoms in total. The number of rotatable bonds is 2. The van der Waals surface area contributed by atoms with Crippen LogP contribution in [0.1, 0.15) is 34.6 Å². The van der Waals surface area contributed by atoms with Crippen molar-refractivity contribution in [2.24, 2.45) is 0 Å². The molecule has 0 unspecified atom stereocenters. The predicted molar refractivity (Wildman–Crippen MR) is 54.7 cm³/mol. The van der Waals surface area contributed by atoms with Gasteiger partial charge in [-0.3, -0.25) is 0 Å². The standard InChI is InChI=1S/C9H14.C2H6/c1-5-7-9(4)8(3)6-2;1-2/h5-7H,2H2,1,3-4H3;1-2H3/b7-5-,9-8-;. The Labute approximate surface area is 71.3 Å². The van der Waals surface area contributed by atoms with Crippen LogP contribution >= 0.6 is 0 Å². The van der Waals surface area contributed by atoms with Crippen LogP contribution in [0.25, 0.3) is 0 Å². The Morgan fingerprint density at radius 3 is 1.82 bits per heavy atom. The molecule has 0 N–H and O–H groups in total. The molecule has 0 bridgehead atoms. The van der Waals surface area contributed by atoms with E-state index >= 15 is 0 Å². The summed E-state index contributed by atoms with van der Waals surface area (Å²) in [5, 5.41) is 0. The Bertz CT molecular complexity index is 147. The third-order valence-corrected chi connectivity index (χ3v) is 1.34. The van der Waals surface area contributed by atoms with Crippen LogP contribution in [0.5, 0.6) is 0 Å². The van der Waals surface area contributed by atoms with Crippen LogP contribution in [0.2, 0.25) is 0 Å². The lowest BCUT2D eigenvalue weighted by atomic mass is 10.1. The van der Waals surface area contributed by atoms with E-state index in [-0.39, 0.29) is 0 Å². The van der Waals surface area contributed by atoms with Gasteiger partial charge < -0.3 is 0 Å². The van der Waals surface area contributed by atoms with E-state index in [0.717, 1.165) is 0 Å². The summed E-state index contributed by atoms with van der Waals surface area (Å²) in [7, 11) is 0. The highest BCUT2D eigenvalue weighted by atomic mass is 13.9. The molecule has 0 aliphatic carbocycles. The van der Waals surface area contributed by atoms with Gasteiger partial charge in [0.05, 0.1) is 0 Å². The van der Waals surface area contributed by atoms with E-state index in [1.165, 1.54) is 11.1 Å². The van der Waals surface area contributed by atoms with E-state index in [1.54, 1.807) is 0 Å². The first-order chi connectivity index (χ1) is 5.22. The topological polar surface area (TPSA) is 0 Å². The highest BCUT2D eigenvalue weighted by Crippen LogP contribution is 2.04. The molecule has 0 saturated carbocycles. The van der Waals surface area contributed by atoms with Gasteiger partial charge in [0.2, 0.25) is 0 Å². The van der Waals surface area contributed by atoms with E-state index in [2.05, 4.69) is 26.5 Å². The summed E-state index contributed by atoms with van der Waals surface area (Å²) in [6.07, 6.45) is 5.98. The van der Waals surface area contributed by atoms with Gasteiger partial charge in [-0.2, -0.15) is 0 Å². The quantitative estimate of drug-likeness (QED) is 0.522. The lowest BCUT2D eigenvalue weighted by molar-refractivity contribution is 1.37. The zero-order chi connectivity index (χ0) is 9.28. The molecule has 0 atom stereocenters. The molecule has 0 aliphatic rings. The zero-order valence-corrected chi connectivity index (χ0v) is 8.44. The molecule has 0 amide bonds. The summed E-state index contributed by atoms with van der Waals surface area (Å²) >= 11 is 0. The number of allylic oxidation sites excluding steroid dienone is 5. The van der Waals surface area contributed by atoms with Gasteiger partial charge in [0.1, 0.15) is 0 Å². The first-order valence-corrected chi connectivity index (χ1v) is 4.15. The van der Waals surface area contributed by atoms with Crippen molar-refractivity contribution in [3.63, 3.8) is 0 Å². The minimum atomic E-state index is 1.24. The maximum atomic E-state index is 3.67. The van der Waals surface area contributed by atoms with Gasteiger partial charge >= 0.3 is 0 Å². The Balaban J connectivity index is 0. The van der Waals surface area contributed by atoms with Crippen molar-refractivity contribution in [2.45, 2.75) is 34.6 Å². The molecule has 11 heavy (non-hydrogen) atoms. The molecule has 64 valence electrons. The monoisotopic (exact) mass is 152 g/mol. The maximum Gasteiger partial charge on any atom is -0.0395 e. The normalized spacial score (nSPS) is 11.7. The van der Waals surface area contributed by atoms with E-state index in [4.69, 9.17) is 0 Å². The summed E-state index contributed by atoms with van der Waals surface area (Å²) in [6.45, 7) is 13.8. The van der Waals surface area contributed by atoms with Crippen LogP contribution in [0.4, 0.5) is 0 Å². The molecule has 0 aromatic heterocycles. The molecule has 0 rings (SSSR count). The summed E-state index contributed by atoms with van der Waals surface area (Å²) in [5.74, 6) is 0. The molecule has 0 spiro atoms. The molecule has 0 aromatic rings. The van der Waals surface area contributed by atoms with Gasteiger partial charge in [0.25, 0.3) is 0 Å². The second-order valence-electron chi connectivity index (χ2n) is 2.07. The maximum absolute atomic E-state index is 3.67. The second-order valence-corrected chi connectivity index (χ2v) is 2.07. The van der Waals surface area contributed by atoms with Gasteiger partial charge in [0.15, 0.2) is 0 Å². The van der Waals surface area contributed by atoms with Gasteiger partial charge in [-0.15, -0.1) is 0 Å². The van der Waals surface area contributed by atoms with Gasteiger partial charge in [-0.1, -0.05) is 38.7 Å². The van der Waals surface area contributed by atoms with Gasteiger partial charge in [-0.05, 0) is 31.9 Å². The van der Waals surface area contributed by atoms with Crippen LogP contribution in [-0.4, -0.2) is 0 Å². The first-order valence-electron chi connectivity index (χ1n) is 4.15. The molecule has 0 radical (unpaired) electrons. The van der Waals surface area contributed by atoms with Crippen LogP contribution in [0.3, 0.4) is 0 Å². The molecular weight excluding hydrogens is 132 g/mol. The zero-order valence-electron chi connectivity index (χ0n) is 8.44. The van der Waals surface area contributed by atoms with E-state index in [9.17, 15) is 0 Å². The van der Waals surface area contributed by atoms with Crippen molar-refractivity contribution in [1.29, 1.82) is 0 Å². The van der Waals surface area contributed by atoms with Crippen molar-refractivity contribution in [3.05, 3.63) is 36.0 Å². The average Bonchev–Trinajstić information content (AvgIpc) is 2.07. The summed E-state index contributed by atoms with van der Waals surface area (Å²) in [4.78, 5) is 0. The molecule has 0 heterocycles. The van der Waals surface area contributed by atoms with E-state index in [1.807, 2.05) is 32.9 Å². The fourth-order valence-electron chi connectivity index (χ4n) is 0.542. The lowest BCUT2D eigenvalue weighted by Gasteiger charge is -1.93. The van der Waals surface area contributed by atoms with Crippen LogP contribution in [0, 0.1) is 0 Å². The first kappa shape index (κ1) is 12.9. The Kier molecular flexibility index (Phi) is 10.8. The van der Waals surface area contributed by atoms with Crippen molar-refractivity contribution >= 4 is 0 Å². The Morgan fingerprint density at radius 1 is 1.09 bits per heavy atom. The van der Waals surface area contributed by atoms with Crippen LogP contribution < -0.4 is 0 Å². The molecular formula is C11H20. The SMILES string of the molecule is C=C/C(C)=C(C)\C=C/C.CC.